The largest absolute Gasteiger partial charge is 0.480 e. The first-order valence-electron chi connectivity index (χ1n) is 8.45. The Morgan fingerprint density at radius 1 is 1.19 bits per heavy atom. The number of aromatic nitrogens is 1. The molecule has 2 heterocycles. The molecule has 0 aliphatic rings. The molecule has 1 unspecified atom stereocenters. The number of benzene rings is 1. The molecule has 1 aromatic carbocycles. The zero-order valence-electron chi connectivity index (χ0n) is 15.3. The van der Waals surface area contributed by atoms with E-state index >= 15 is 0 Å². The van der Waals surface area contributed by atoms with Crippen molar-refractivity contribution in [1.29, 1.82) is 0 Å². The standard InChI is InChI=1S/C20H20N2O4S/c1-12-9-10-16(26-12)18-21-13(2)17(27-18)19(23)22(3)15(20(24)25)11-14-7-5-4-6-8-14/h4-10,15H,11H2,1-3H3,(H,24,25). The summed E-state index contributed by atoms with van der Waals surface area (Å²) in [7, 11) is 1.51. The minimum Gasteiger partial charge on any atom is -0.480 e. The summed E-state index contributed by atoms with van der Waals surface area (Å²) in [5, 5.41) is 10.2. The lowest BCUT2D eigenvalue weighted by molar-refractivity contribution is -0.141. The maximum absolute atomic E-state index is 13.0. The van der Waals surface area contributed by atoms with Gasteiger partial charge in [-0.2, -0.15) is 0 Å². The number of carbonyl (C=O) groups excluding carboxylic acids is 1. The molecule has 1 N–H and O–H groups in total. The van der Waals surface area contributed by atoms with Gasteiger partial charge in [-0.15, -0.1) is 11.3 Å². The summed E-state index contributed by atoms with van der Waals surface area (Å²) in [6.07, 6.45) is 0.237. The molecule has 0 spiro atoms. The molecule has 1 amide bonds. The van der Waals surface area contributed by atoms with Gasteiger partial charge in [0.1, 0.15) is 16.7 Å². The second-order valence-corrected chi connectivity index (χ2v) is 7.30. The molecule has 0 radical (unpaired) electrons. The molecule has 0 saturated heterocycles. The van der Waals surface area contributed by atoms with Gasteiger partial charge in [-0.3, -0.25) is 4.79 Å². The number of furan rings is 1. The van der Waals surface area contributed by atoms with Crippen molar-refractivity contribution in [2.45, 2.75) is 26.3 Å². The molecular weight excluding hydrogens is 364 g/mol. The van der Waals surface area contributed by atoms with Gasteiger partial charge in [-0.25, -0.2) is 9.78 Å². The van der Waals surface area contributed by atoms with Gasteiger partial charge in [0.05, 0.1) is 5.69 Å². The highest BCUT2D eigenvalue weighted by molar-refractivity contribution is 7.17. The SMILES string of the molecule is Cc1ccc(-c2nc(C)c(C(=O)N(C)C(Cc3ccccc3)C(=O)O)s2)o1. The van der Waals surface area contributed by atoms with Gasteiger partial charge in [-0.1, -0.05) is 30.3 Å². The third kappa shape index (κ3) is 4.09. The summed E-state index contributed by atoms with van der Waals surface area (Å²) in [4.78, 5) is 30.8. The van der Waals surface area contributed by atoms with Gasteiger partial charge in [0, 0.05) is 13.5 Å². The Hall–Kier alpha value is -2.93. The first-order chi connectivity index (χ1) is 12.9. The number of thiazole rings is 1. The van der Waals surface area contributed by atoms with Gasteiger partial charge in [0.15, 0.2) is 10.8 Å². The predicted molar refractivity (Wildman–Crippen MR) is 103 cm³/mol. The summed E-state index contributed by atoms with van der Waals surface area (Å²) in [5.41, 5.74) is 1.42. The van der Waals surface area contributed by atoms with E-state index in [4.69, 9.17) is 4.42 Å². The minimum absolute atomic E-state index is 0.237. The van der Waals surface area contributed by atoms with E-state index in [2.05, 4.69) is 4.98 Å². The molecule has 0 saturated carbocycles. The molecule has 7 heteroatoms. The molecule has 0 aliphatic heterocycles. The van der Waals surface area contributed by atoms with Crippen molar-refractivity contribution in [3.05, 3.63) is 64.4 Å². The fourth-order valence-corrected chi connectivity index (χ4v) is 3.79. The van der Waals surface area contributed by atoms with Gasteiger partial charge in [-0.05, 0) is 31.5 Å². The average Bonchev–Trinajstić information content (AvgIpc) is 3.25. The van der Waals surface area contributed by atoms with Crippen molar-refractivity contribution in [1.82, 2.24) is 9.88 Å². The molecule has 140 valence electrons. The number of hydrogen-bond donors (Lipinski definition) is 1. The van der Waals surface area contributed by atoms with Gasteiger partial charge >= 0.3 is 5.97 Å². The Bertz CT molecular complexity index is 962. The van der Waals surface area contributed by atoms with Crippen LogP contribution in [0.4, 0.5) is 0 Å². The predicted octanol–water partition coefficient (Wildman–Crippen LogP) is 3.79. The Kier molecular flexibility index (Phi) is 5.41. The number of rotatable bonds is 6. The van der Waals surface area contributed by atoms with E-state index in [1.165, 1.54) is 23.3 Å². The van der Waals surface area contributed by atoms with E-state index < -0.39 is 12.0 Å². The Morgan fingerprint density at radius 3 is 2.48 bits per heavy atom. The first-order valence-corrected chi connectivity index (χ1v) is 9.26. The van der Waals surface area contributed by atoms with Crippen LogP contribution in [-0.4, -0.2) is 40.0 Å². The number of hydrogen-bond acceptors (Lipinski definition) is 5. The summed E-state index contributed by atoms with van der Waals surface area (Å²) in [6, 6.07) is 11.9. The number of carbonyl (C=O) groups is 2. The van der Waals surface area contributed by atoms with Crippen molar-refractivity contribution in [3.8, 4) is 10.8 Å². The molecule has 3 aromatic rings. The van der Waals surface area contributed by atoms with Crippen LogP contribution in [0.3, 0.4) is 0 Å². The second-order valence-electron chi connectivity index (χ2n) is 6.30. The third-order valence-corrected chi connectivity index (χ3v) is 5.45. The fourth-order valence-electron chi connectivity index (χ4n) is 2.78. The van der Waals surface area contributed by atoms with Crippen LogP contribution >= 0.6 is 11.3 Å². The number of aliphatic carboxylic acids is 1. The van der Waals surface area contributed by atoms with Crippen LogP contribution in [-0.2, 0) is 11.2 Å². The van der Waals surface area contributed by atoms with Gasteiger partial charge in [0.2, 0.25) is 0 Å². The lowest BCUT2D eigenvalue weighted by Gasteiger charge is -2.24. The van der Waals surface area contributed by atoms with Crippen molar-refractivity contribution in [2.24, 2.45) is 0 Å². The molecular formula is C20H20N2O4S. The van der Waals surface area contributed by atoms with Crippen LogP contribution in [0.25, 0.3) is 10.8 Å². The number of aryl methyl sites for hydroxylation is 2. The molecule has 0 bridgehead atoms. The fraction of sp³-hybridized carbons (Fsp3) is 0.250. The summed E-state index contributed by atoms with van der Waals surface area (Å²) in [6.45, 7) is 3.58. The van der Waals surface area contributed by atoms with Crippen LogP contribution in [0.5, 0.6) is 0 Å². The van der Waals surface area contributed by atoms with E-state index in [1.54, 1.807) is 13.0 Å². The van der Waals surface area contributed by atoms with Crippen LogP contribution < -0.4 is 0 Å². The van der Waals surface area contributed by atoms with Gasteiger partial charge < -0.3 is 14.4 Å². The molecule has 27 heavy (non-hydrogen) atoms. The van der Waals surface area contributed by atoms with E-state index in [9.17, 15) is 14.7 Å². The topological polar surface area (TPSA) is 83.6 Å². The maximum atomic E-state index is 13.0. The first kappa shape index (κ1) is 18.8. The van der Waals surface area contributed by atoms with Crippen LogP contribution in [0.15, 0.2) is 46.9 Å². The maximum Gasteiger partial charge on any atom is 0.326 e. The quantitative estimate of drug-likeness (QED) is 0.699. The molecule has 3 rings (SSSR count). The normalized spacial score (nSPS) is 12.0. The Balaban J connectivity index is 1.85. The Morgan fingerprint density at radius 2 is 1.89 bits per heavy atom. The van der Waals surface area contributed by atoms with E-state index in [0.29, 0.717) is 21.3 Å². The zero-order valence-corrected chi connectivity index (χ0v) is 16.1. The Labute approximate surface area is 161 Å². The molecule has 6 nitrogen and oxygen atoms in total. The number of amides is 1. The molecule has 0 fully saturated rings. The van der Waals surface area contributed by atoms with Crippen LogP contribution in [0.1, 0.15) is 26.7 Å². The average molecular weight is 384 g/mol. The van der Waals surface area contributed by atoms with E-state index in [1.807, 2.05) is 43.3 Å². The number of likely N-dealkylation sites (N-methyl/N-ethyl adjacent to an activating group) is 1. The highest BCUT2D eigenvalue weighted by atomic mass is 32.1. The van der Waals surface area contributed by atoms with E-state index in [0.717, 1.165) is 11.3 Å². The number of carboxylic acids is 1. The third-order valence-electron chi connectivity index (χ3n) is 4.29. The van der Waals surface area contributed by atoms with Crippen molar-refractivity contribution in [3.63, 3.8) is 0 Å². The lowest BCUT2D eigenvalue weighted by atomic mass is 10.0. The van der Waals surface area contributed by atoms with Crippen LogP contribution in [0.2, 0.25) is 0 Å². The molecule has 2 aromatic heterocycles. The van der Waals surface area contributed by atoms with Crippen molar-refractivity contribution >= 4 is 23.2 Å². The van der Waals surface area contributed by atoms with Crippen LogP contribution in [0, 0.1) is 13.8 Å². The second kappa shape index (κ2) is 7.75. The lowest BCUT2D eigenvalue weighted by Crippen LogP contribution is -2.43. The molecule has 0 aliphatic carbocycles. The minimum atomic E-state index is -1.04. The van der Waals surface area contributed by atoms with Crippen molar-refractivity contribution < 1.29 is 19.1 Å². The smallest absolute Gasteiger partial charge is 0.326 e. The monoisotopic (exact) mass is 384 g/mol. The van der Waals surface area contributed by atoms with E-state index in [-0.39, 0.29) is 12.3 Å². The number of nitrogens with zero attached hydrogens (tertiary/aromatic N) is 2. The summed E-state index contributed by atoms with van der Waals surface area (Å²) in [5.74, 6) is -0.0420. The highest BCUT2D eigenvalue weighted by Crippen LogP contribution is 2.30. The number of carboxylic acid groups (broad SMARTS) is 1. The molecule has 1 atom stereocenters. The van der Waals surface area contributed by atoms with Crippen molar-refractivity contribution in [2.75, 3.05) is 7.05 Å². The zero-order chi connectivity index (χ0) is 19.6. The summed E-state index contributed by atoms with van der Waals surface area (Å²) >= 11 is 1.21. The van der Waals surface area contributed by atoms with Gasteiger partial charge in [0.25, 0.3) is 5.91 Å². The highest BCUT2D eigenvalue weighted by Gasteiger charge is 2.30. The summed E-state index contributed by atoms with van der Waals surface area (Å²) < 4.78 is 5.57.